The molecule has 2 aromatic carbocycles. The highest BCUT2D eigenvalue weighted by molar-refractivity contribution is 6.32. The SMILES string of the molecule is COc1ccc(N(Cc2cc(Cl)nc(Cl)c2)c2ccccc2)c(OC2CCCC2)c1. The van der Waals surface area contributed by atoms with E-state index < -0.39 is 0 Å². The number of nitrogens with zero attached hydrogens (tertiary/aromatic N) is 2. The van der Waals surface area contributed by atoms with Crippen molar-refractivity contribution in [1.29, 1.82) is 0 Å². The fourth-order valence-corrected chi connectivity index (χ4v) is 4.34. The molecule has 0 saturated heterocycles. The van der Waals surface area contributed by atoms with Crippen LogP contribution in [-0.2, 0) is 6.54 Å². The molecule has 30 heavy (non-hydrogen) atoms. The van der Waals surface area contributed by atoms with Gasteiger partial charge in [-0.05, 0) is 67.6 Å². The van der Waals surface area contributed by atoms with E-state index in [-0.39, 0.29) is 6.10 Å². The molecule has 0 atom stereocenters. The van der Waals surface area contributed by atoms with Gasteiger partial charge in [-0.1, -0.05) is 41.4 Å². The molecule has 0 amide bonds. The minimum atomic E-state index is 0.235. The lowest BCUT2D eigenvalue weighted by Gasteiger charge is -2.28. The average Bonchev–Trinajstić information content (AvgIpc) is 3.25. The van der Waals surface area contributed by atoms with Crippen molar-refractivity contribution in [1.82, 2.24) is 4.98 Å². The number of pyridine rings is 1. The Hall–Kier alpha value is -2.43. The van der Waals surface area contributed by atoms with Crippen molar-refractivity contribution in [2.45, 2.75) is 38.3 Å². The van der Waals surface area contributed by atoms with Gasteiger partial charge in [0.2, 0.25) is 0 Å². The van der Waals surface area contributed by atoms with Gasteiger partial charge >= 0.3 is 0 Å². The lowest BCUT2D eigenvalue weighted by atomic mass is 10.1. The van der Waals surface area contributed by atoms with Crippen LogP contribution in [0.5, 0.6) is 11.5 Å². The van der Waals surface area contributed by atoms with Gasteiger partial charge < -0.3 is 14.4 Å². The largest absolute Gasteiger partial charge is 0.497 e. The lowest BCUT2D eigenvalue weighted by Crippen LogP contribution is -2.19. The second kappa shape index (κ2) is 9.59. The number of benzene rings is 2. The topological polar surface area (TPSA) is 34.6 Å². The molecule has 1 aliphatic carbocycles. The van der Waals surface area contributed by atoms with Crippen molar-refractivity contribution >= 4 is 34.6 Å². The molecule has 4 nitrogen and oxygen atoms in total. The number of rotatable bonds is 7. The van der Waals surface area contributed by atoms with E-state index in [0.29, 0.717) is 16.9 Å². The van der Waals surface area contributed by atoms with Crippen LogP contribution in [0.25, 0.3) is 0 Å². The first-order valence-electron chi connectivity index (χ1n) is 10.1. The molecular formula is C24H24Cl2N2O2. The molecular weight excluding hydrogens is 419 g/mol. The number of aromatic nitrogens is 1. The van der Waals surface area contributed by atoms with Crippen LogP contribution < -0.4 is 14.4 Å². The molecule has 0 bridgehead atoms. The maximum absolute atomic E-state index is 6.45. The number of anilines is 2. The molecule has 6 heteroatoms. The van der Waals surface area contributed by atoms with Gasteiger partial charge in [0.15, 0.2) is 0 Å². The molecule has 1 aromatic heterocycles. The summed E-state index contributed by atoms with van der Waals surface area (Å²) in [6.45, 7) is 0.569. The Balaban J connectivity index is 1.76. The molecule has 1 aliphatic rings. The summed E-state index contributed by atoms with van der Waals surface area (Å²) in [5.41, 5.74) is 2.98. The third-order valence-corrected chi connectivity index (χ3v) is 5.67. The fraction of sp³-hybridized carbons (Fsp3) is 0.292. The molecule has 156 valence electrons. The second-order valence-electron chi connectivity index (χ2n) is 7.40. The van der Waals surface area contributed by atoms with Crippen LogP contribution >= 0.6 is 23.2 Å². The van der Waals surface area contributed by atoms with Crippen LogP contribution in [0.4, 0.5) is 11.4 Å². The van der Waals surface area contributed by atoms with Crippen LogP contribution in [0, 0.1) is 0 Å². The summed E-state index contributed by atoms with van der Waals surface area (Å²) in [7, 11) is 1.67. The predicted octanol–water partition coefficient (Wildman–Crippen LogP) is 7.06. The minimum Gasteiger partial charge on any atom is -0.497 e. The Morgan fingerprint density at radius 2 is 1.67 bits per heavy atom. The Morgan fingerprint density at radius 1 is 0.967 bits per heavy atom. The summed E-state index contributed by atoms with van der Waals surface area (Å²) < 4.78 is 11.9. The van der Waals surface area contributed by atoms with Crippen molar-refractivity contribution in [3.05, 3.63) is 76.5 Å². The van der Waals surface area contributed by atoms with E-state index in [1.54, 1.807) is 7.11 Å². The van der Waals surface area contributed by atoms with Gasteiger partial charge in [-0.3, -0.25) is 0 Å². The molecule has 0 aliphatic heterocycles. The minimum absolute atomic E-state index is 0.235. The molecule has 0 N–H and O–H groups in total. The van der Waals surface area contributed by atoms with Crippen molar-refractivity contribution < 1.29 is 9.47 Å². The zero-order valence-corrected chi connectivity index (χ0v) is 18.4. The summed E-state index contributed by atoms with van der Waals surface area (Å²) in [4.78, 5) is 6.27. The molecule has 0 unspecified atom stereocenters. The van der Waals surface area contributed by atoms with E-state index in [0.717, 1.165) is 41.3 Å². The van der Waals surface area contributed by atoms with E-state index in [1.807, 2.05) is 48.5 Å². The number of halogens is 2. The number of hydrogen-bond donors (Lipinski definition) is 0. The third kappa shape index (κ3) is 5.00. The Labute approximate surface area is 187 Å². The van der Waals surface area contributed by atoms with Crippen LogP contribution in [0.3, 0.4) is 0 Å². The quantitative estimate of drug-likeness (QED) is 0.366. The van der Waals surface area contributed by atoms with Gasteiger partial charge in [0.05, 0.1) is 18.9 Å². The maximum Gasteiger partial charge on any atom is 0.147 e. The van der Waals surface area contributed by atoms with Crippen molar-refractivity contribution in [2.75, 3.05) is 12.0 Å². The fourth-order valence-electron chi connectivity index (χ4n) is 3.84. The zero-order chi connectivity index (χ0) is 20.9. The van der Waals surface area contributed by atoms with Crippen LogP contribution in [0.15, 0.2) is 60.7 Å². The highest BCUT2D eigenvalue weighted by atomic mass is 35.5. The van der Waals surface area contributed by atoms with Crippen molar-refractivity contribution in [3.63, 3.8) is 0 Å². The molecule has 1 fully saturated rings. The highest BCUT2D eigenvalue weighted by Gasteiger charge is 2.22. The smallest absolute Gasteiger partial charge is 0.147 e. The summed E-state index contributed by atoms with van der Waals surface area (Å²) >= 11 is 12.3. The number of methoxy groups -OCH3 is 1. The summed E-state index contributed by atoms with van der Waals surface area (Å²) in [5.74, 6) is 1.59. The number of para-hydroxylation sites is 1. The first-order chi connectivity index (χ1) is 14.6. The van der Waals surface area contributed by atoms with Gasteiger partial charge in [-0.2, -0.15) is 0 Å². The Kier molecular flexibility index (Phi) is 6.66. The lowest BCUT2D eigenvalue weighted by molar-refractivity contribution is 0.210. The van der Waals surface area contributed by atoms with E-state index in [4.69, 9.17) is 32.7 Å². The van der Waals surface area contributed by atoms with E-state index in [1.165, 1.54) is 12.8 Å². The monoisotopic (exact) mass is 442 g/mol. The normalized spacial score (nSPS) is 14.0. The van der Waals surface area contributed by atoms with Crippen LogP contribution in [-0.4, -0.2) is 18.2 Å². The van der Waals surface area contributed by atoms with Gasteiger partial charge in [0, 0.05) is 18.3 Å². The van der Waals surface area contributed by atoms with Crippen LogP contribution in [0.2, 0.25) is 10.3 Å². The molecule has 3 aromatic rings. The number of ether oxygens (including phenoxy) is 2. The van der Waals surface area contributed by atoms with Gasteiger partial charge in [-0.15, -0.1) is 0 Å². The standard InChI is InChI=1S/C24H24Cl2N2O2/c1-29-20-11-12-21(22(15-20)30-19-9-5-6-10-19)28(18-7-3-2-4-8-18)16-17-13-23(25)27-24(26)14-17/h2-4,7-8,11-15,19H,5-6,9-10,16H2,1H3. The first kappa shape index (κ1) is 20.8. The number of hydrogen-bond acceptors (Lipinski definition) is 4. The summed E-state index contributed by atoms with van der Waals surface area (Å²) in [6.07, 6.45) is 4.81. The Morgan fingerprint density at radius 3 is 2.33 bits per heavy atom. The van der Waals surface area contributed by atoms with Crippen LogP contribution in [0.1, 0.15) is 31.2 Å². The molecule has 0 spiro atoms. The summed E-state index contributed by atoms with van der Waals surface area (Å²) in [5, 5.41) is 0.755. The van der Waals surface area contributed by atoms with Crippen molar-refractivity contribution in [2.24, 2.45) is 0 Å². The molecule has 4 rings (SSSR count). The van der Waals surface area contributed by atoms with E-state index in [2.05, 4.69) is 22.0 Å². The average molecular weight is 443 g/mol. The predicted molar refractivity (Wildman–Crippen MR) is 122 cm³/mol. The highest BCUT2D eigenvalue weighted by Crippen LogP contribution is 2.39. The Bertz CT molecular complexity index is 972. The van der Waals surface area contributed by atoms with Crippen molar-refractivity contribution in [3.8, 4) is 11.5 Å². The van der Waals surface area contributed by atoms with Gasteiger partial charge in [-0.25, -0.2) is 4.98 Å². The van der Waals surface area contributed by atoms with E-state index >= 15 is 0 Å². The second-order valence-corrected chi connectivity index (χ2v) is 8.18. The first-order valence-corrected chi connectivity index (χ1v) is 10.9. The molecule has 1 heterocycles. The molecule has 1 saturated carbocycles. The summed E-state index contributed by atoms with van der Waals surface area (Å²) in [6, 6.07) is 19.9. The maximum atomic E-state index is 6.45. The van der Waals surface area contributed by atoms with E-state index in [9.17, 15) is 0 Å². The van der Waals surface area contributed by atoms with Gasteiger partial charge in [0.1, 0.15) is 21.8 Å². The molecule has 0 radical (unpaired) electrons. The zero-order valence-electron chi connectivity index (χ0n) is 16.9. The third-order valence-electron chi connectivity index (χ3n) is 5.28. The van der Waals surface area contributed by atoms with Gasteiger partial charge in [0.25, 0.3) is 0 Å².